The summed E-state index contributed by atoms with van der Waals surface area (Å²) in [6.07, 6.45) is 1.54. The standard InChI is InChI=1S/C11H9BrFNO2/c1-7-14-8(5-15-7)6-16-9-2-3-11(13)10(12)4-9/h2-5H,6H2,1H3. The molecule has 0 spiro atoms. The number of halogens is 2. The number of ether oxygens (including phenoxy) is 1. The summed E-state index contributed by atoms with van der Waals surface area (Å²) in [7, 11) is 0. The average Bonchev–Trinajstić information content (AvgIpc) is 2.66. The molecule has 0 saturated carbocycles. The molecule has 0 saturated heterocycles. The average molecular weight is 286 g/mol. The van der Waals surface area contributed by atoms with E-state index < -0.39 is 0 Å². The first-order chi connectivity index (χ1) is 7.65. The maximum absolute atomic E-state index is 12.9. The maximum atomic E-state index is 12.9. The van der Waals surface area contributed by atoms with Gasteiger partial charge in [-0.25, -0.2) is 9.37 Å². The van der Waals surface area contributed by atoms with Crippen molar-refractivity contribution in [2.45, 2.75) is 13.5 Å². The fourth-order valence-electron chi connectivity index (χ4n) is 1.20. The molecule has 1 heterocycles. The lowest BCUT2D eigenvalue weighted by Crippen LogP contribution is -1.96. The van der Waals surface area contributed by atoms with Gasteiger partial charge in [0, 0.05) is 6.92 Å². The van der Waals surface area contributed by atoms with Gasteiger partial charge in [-0.1, -0.05) is 0 Å². The summed E-state index contributed by atoms with van der Waals surface area (Å²) < 4.78 is 23.8. The number of oxazole rings is 1. The highest BCUT2D eigenvalue weighted by Gasteiger charge is 2.03. The summed E-state index contributed by atoms with van der Waals surface area (Å²) in [5, 5.41) is 0. The van der Waals surface area contributed by atoms with Gasteiger partial charge in [-0.2, -0.15) is 0 Å². The van der Waals surface area contributed by atoms with E-state index in [2.05, 4.69) is 20.9 Å². The minimum atomic E-state index is -0.315. The van der Waals surface area contributed by atoms with Crippen molar-refractivity contribution in [1.82, 2.24) is 4.98 Å². The normalized spacial score (nSPS) is 10.4. The lowest BCUT2D eigenvalue weighted by atomic mass is 10.3. The molecule has 0 aliphatic rings. The van der Waals surface area contributed by atoms with Crippen molar-refractivity contribution >= 4 is 15.9 Å². The molecule has 3 nitrogen and oxygen atoms in total. The Morgan fingerprint density at radius 2 is 2.31 bits per heavy atom. The molecule has 0 fully saturated rings. The maximum Gasteiger partial charge on any atom is 0.191 e. The molecule has 0 radical (unpaired) electrons. The van der Waals surface area contributed by atoms with Gasteiger partial charge in [0.15, 0.2) is 5.89 Å². The van der Waals surface area contributed by atoms with E-state index in [0.29, 0.717) is 28.4 Å². The van der Waals surface area contributed by atoms with Crippen LogP contribution in [0.5, 0.6) is 5.75 Å². The molecule has 0 amide bonds. The minimum Gasteiger partial charge on any atom is -0.487 e. The van der Waals surface area contributed by atoms with E-state index in [1.54, 1.807) is 19.1 Å². The number of aromatic nitrogens is 1. The Balaban J connectivity index is 2.02. The van der Waals surface area contributed by atoms with Crippen LogP contribution in [0.15, 0.2) is 33.4 Å². The number of rotatable bonds is 3. The van der Waals surface area contributed by atoms with Crippen LogP contribution in [0.2, 0.25) is 0 Å². The monoisotopic (exact) mass is 285 g/mol. The van der Waals surface area contributed by atoms with Crippen LogP contribution < -0.4 is 4.74 Å². The Hall–Kier alpha value is -1.36. The third kappa shape index (κ3) is 2.61. The molecule has 1 aromatic heterocycles. The van der Waals surface area contributed by atoms with Gasteiger partial charge in [-0.3, -0.25) is 0 Å². The molecular weight excluding hydrogens is 277 g/mol. The largest absolute Gasteiger partial charge is 0.487 e. The molecule has 84 valence electrons. The van der Waals surface area contributed by atoms with Crippen molar-refractivity contribution in [2.75, 3.05) is 0 Å². The Labute approximate surface area is 100 Å². The van der Waals surface area contributed by atoms with Crippen molar-refractivity contribution in [3.63, 3.8) is 0 Å². The van der Waals surface area contributed by atoms with Gasteiger partial charge >= 0.3 is 0 Å². The quantitative estimate of drug-likeness (QED) is 0.866. The second-order valence-electron chi connectivity index (χ2n) is 3.22. The zero-order valence-corrected chi connectivity index (χ0v) is 10.1. The first-order valence-corrected chi connectivity index (χ1v) is 5.43. The predicted octanol–water partition coefficient (Wildman–Crippen LogP) is 3.46. The van der Waals surface area contributed by atoms with Crippen molar-refractivity contribution in [3.05, 3.63) is 46.3 Å². The Bertz CT molecular complexity index is 498. The summed E-state index contributed by atoms with van der Waals surface area (Å²) in [6, 6.07) is 4.47. The van der Waals surface area contributed by atoms with Crippen LogP contribution in [-0.4, -0.2) is 4.98 Å². The first kappa shape index (κ1) is 11.1. The van der Waals surface area contributed by atoms with Crippen molar-refractivity contribution < 1.29 is 13.5 Å². The molecule has 2 rings (SSSR count). The number of benzene rings is 1. The smallest absolute Gasteiger partial charge is 0.191 e. The molecule has 16 heavy (non-hydrogen) atoms. The number of hydrogen-bond donors (Lipinski definition) is 0. The molecule has 0 aliphatic carbocycles. The first-order valence-electron chi connectivity index (χ1n) is 4.64. The van der Waals surface area contributed by atoms with Gasteiger partial charge in [0.25, 0.3) is 0 Å². The molecule has 2 aromatic rings. The number of nitrogens with zero attached hydrogens (tertiary/aromatic N) is 1. The van der Waals surface area contributed by atoms with Gasteiger partial charge in [-0.05, 0) is 34.1 Å². The summed E-state index contributed by atoms with van der Waals surface area (Å²) in [5.41, 5.74) is 0.706. The van der Waals surface area contributed by atoms with E-state index in [9.17, 15) is 4.39 Å². The number of aryl methyl sites for hydroxylation is 1. The van der Waals surface area contributed by atoms with Crippen LogP contribution in [0.3, 0.4) is 0 Å². The summed E-state index contributed by atoms with van der Waals surface area (Å²) in [6.45, 7) is 2.06. The third-order valence-corrected chi connectivity index (χ3v) is 2.55. The molecule has 5 heteroatoms. The zero-order chi connectivity index (χ0) is 11.5. The molecular formula is C11H9BrFNO2. The fraction of sp³-hybridized carbons (Fsp3) is 0.182. The second-order valence-corrected chi connectivity index (χ2v) is 4.08. The molecule has 0 unspecified atom stereocenters. The van der Waals surface area contributed by atoms with Crippen LogP contribution in [0, 0.1) is 12.7 Å². The van der Waals surface area contributed by atoms with Crippen molar-refractivity contribution in [1.29, 1.82) is 0 Å². The van der Waals surface area contributed by atoms with Gasteiger partial charge in [0.1, 0.15) is 30.1 Å². The SMILES string of the molecule is Cc1nc(COc2ccc(F)c(Br)c2)co1. The van der Waals surface area contributed by atoms with E-state index in [0.717, 1.165) is 0 Å². The highest BCUT2D eigenvalue weighted by molar-refractivity contribution is 9.10. The number of hydrogen-bond acceptors (Lipinski definition) is 3. The molecule has 0 aliphatic heterocycles. The lowest BCUT2D eigenvalue weighted by Gasteiger charge is -2.04. The van der Waals surface area contributed by atoms with E-state index in [1.165, 1.54) is 12.3 Å². The fourth-order valence-corrected chi connectivity index (χ4v) is 1.56. The van der Waals surface area contributed by atoms with Gasteiger partial charge in [0.05, 0.1) is 4.47 Å². The van der Waals surface area contributed by atoms with Crippen molar-refractivity contribution in [2.24, 2.45) is 0 Å². The molecule has 0 bridgehead atoms. The van der Waals surface area contributed by atoms with Crippen molar-refractivity contribution in [3.8, 4) is 5.75 Å². The van der Waals surface area contributed by atoms with Gasteiger partial charge < -0.3 is 9.15 Å². The van der Waals surface area contributed by atoms with E-state index in [-0.39, 0.29) is 5.82 Å². The molecule has 1 aromatic carbocycles. The van der Waals surface area contributed by atoms with Crippen LogP contribution in [0.1, 0.15) is 11.6 Å². The molecule has 0 atom stereocenters. The third-order valence-electron chi connectivity index (χ3n) is 1.94. The summed E-state index contributed by atoms with van der Waals surface area (Å²) in [5.74, 6) is 0.859. The Morgan fingerprint density at radius 3 is 2.94 bits per heavy atom. The Morgan fingerprint density at radius 1 is 1.50 bits per heavy atom. The topological polar surface area (TPSA) is 35.3 Å². The van der Waals surface area contributed by atoms with E-state index in [4.69, 9.17) is 9.15 Å². The zero-order valence-electron chi connectivity index (χ0n) is 8.54. The van der Waals surface area contributed by atoms with Crippen LogP contribution in [0.4, 0.5) is 4.39 Å². The minimum absolute atomic E-state index is 0.301. The Kier molecular flexibility index (Phi) is 3.24. The van der Waals surface area contributed by atoms with E-state index in [1.807, 2.05) is 0 Å². The molecule has 0 N–H and O–H groups in total. The highest BCUT2D eigenvalue weighted by Crippen LogP contribution is 2.22. The summed E-state index contributed by atoms with van der Waals surface area (Å²) in [4.78, 5) is 4.09. The van der Waals surface area contributed by atoms with E-state index >= 15 is 0 Å². The van der Waals surface area contributed by atoms with Crippen LogP contribution >= 0.6 is 15.9 Å². The van der Waals surface area contributed by atoms with Crippen LogP contribution in [0.25, 0.3) is 0 Å². The lowest BCUT2D eigenvalue weighted by molar-refractivity contribution is 0.300. The van der Waals surface area contributed by atoms with Crippen LogP contribution in [-0.2, 0) is 6.61 Å². The van der Waals surface area contributed by atoms with Gasteiger partial charge in [-0.15, -0.1) is 0 Å². The van der Waals surface area contributed by atoms with Gasteiger partial charge in [0.2, 0.25) is 0 Å². The summed E-state index contributed by atoms with van der Waals surface area (Å²) >= 11 is 3.09. The predicted molar refractivity (Wildman–Crippen MR) is 59.7 cm³/mol. The highest BCUT2D eigenvalue weighted by atomic mass is 79.9. The second kappa shape index (κ2) is 4.65.